The van der Waals surface area contributed by atoms with Gasteiger partial charge in [0.15, 0.2) is 0 Å². The van der Waals surface area contributed by atoms with Crippen molar-refractivity contribution < 1.29 is 19.1 Å². The molecule has 0 spiro atoms. The SMILES string of the molecule is COCCN(CC(=O)N1CCc2sccc2[C@@H]1COc1ccc(Cl)cc1)C(=O)c1cccs1. The molecular weight excluding hydrogens is 480 g/mol. The number of thiophene rings is 2. The number of halogens is 1. The Morgan fingerprint density at radius 3 is 2.70 bits per heavy atom. The van der Waals surface area contributed by atoms with Gasteiger partial charge in [0, 0.05) is 30.1 Å². The first-order chi connectivity index (χ1) is 16.1. The molecule has 1 aromatic carbocycles. The fraction of sp³-hybridized carbons (Fsp3) is 0.333. The molecule has 174 valence electrons. The first-order valence-electron chi connectivity index (χ1n) is 10.6. The minimum absolute atomic E-state index is 0.00297. The highest BCUT2D eigenvalue weighted by molar-refractivity contribution is 7.12. The molecule has 0 unspecified atom stereocenters. The Labute approximate surface area is 206 Å². The van der Waals surface area contributed by atoms with Gasteiger partial charge in [0.25, 0.3) is 5.91 Å². The average molecular weight is 505 g/mol. The highest BCUT2D eigenvalue weighted by Gasteiger charge is 2.33. The van der Waals surface area contributed by atoms with Gasteiger partial charge < -0.3 is 19.3 Å². The summed E-state index contributed by atoms with van der Waals surface area (Å²) in [7, 11) is 1.59. The number of hydrogen-bond donors (Lipinski definition) is 0. The van der Waals surface area contributed by atoms with Crippen LogP contribution in [0.5, 0.6) is 5.75 Å². The van der Waals surface area contributed by atoms with Gasteiger partial charge in [0.1, 0.15) is 18.9 Å². The van der Waals surface area contributed by atoms with Crippen molar-refractivity contribution in [3.05, 3.63) is 73.6 Å². The van der Waals surface area contributed by atoms with Crippen LogP contribution in [-0.4, -0.2) is 61.6 Å². The normalized spacial score (nSPS) is 15.2. The van der Waals surface area contributed by atoms with Crippen molar-refractivity contribution in [2.24, 2.45) is 0 Å². The van der Waals surface area contributed by atoms with E-state index < -0.39 is 0 Å². The van der Waals surface area contributed by atoms with E-state index in [0.29, 0.717) is 42.0 Å². The van der Waals surface area contributed by atoms with Gasteiger partial charge in [-0.05, 0) is 59.1 Å². The van der Waals surface area contributed by atoms with Crippen LogP contribution in [0.2, 0.25) is 5.02 Å². The van der Waals surface area contributed by atoms with Crippen LogP contribution >= 0.6 is 34.3 Å². The lowest BCUT2D eigenvalue weighted by molar-refractivity contribution is -0.135. The third-order valence-electron chi connectivity index (χ3n) is 5.55. The first-order valence-corrected chi connectivity index (χ1v) is 12.8. The van der Waals surface area contributed by atoms with Crippen molar-refractivity contribution in [2.45, 2.75) is 12.5 Å². The van der Waals surface area contributed by atoms with Crippen LogP contribution in [0.1, 0.15) is 26.2 Å². The largest absolute Gasteiger partial charge is 0.491 e. The third-order valence-corrected chi connectivity index (χ3v) is 7.65. The quantitative estimate of drug-likeness (QED) is 0.421. The fourth-order valence-electron chi connectivity index (χ4n) is 3.84. The highest BCUT2D eigenvalue weighted by Crippen LogP contribution is 2.34. The first kappa shape index (κ1) is 23.8. The maximum Gasteiger partial charge on any atom is 0.264 e. The van der Waals surface area contributed by atoms with Crippen molar-refractivity contribution in [3.8, 4) is 5.75 Å². The smallest absolute Gasteiger partial charge is 0.264 e. The summed E-state index contributed by atoms with van der Waals surface area (Å²) in [5, 5.41) is 4.55. The van der Waals surface area contributed by atoms with Gasteiger partial charge in [-0.1, -0.05) is 17.7 Å². The minimum atomic E-state index is -0.218. The molecule has 0 fully saturated rings. The van der Waals surface area contributed by atoms with Crippen LogP contribution in [0.25, 0.3) is 0 Å². The molecule has 1 aliphatic rings. The van der Waals surface area contributed by atoms with Gasteiger partial charge in [-0.3, -0.25) is 9.59 Å². The van der Waals surface area contributed by atoms with Gasteiger partial charge in [-0.15, -0.1) is 22.7 Å². The van der Waals surface area contributed by atoms with E-state index >= 15 is 0 Å². The summed E-state index contributed by atoms with van der Waals surface area (Å²) in [6.07, 6.45) is 0.799. The van der Waals surface area contributed by atoms with E-state index in [9.17, 15) is 9.59 Å². The summed E-state index contributed by atoms with van der Waals surface area (Å²) in [5.74, 6) is 0.443. The van der Waals surface area contributed by atoms with E-state index in [1.807, 2.05) is 28.5 Å². The zero-order chi connectivity index (χ0) is 23.2. The van der Waals surface area contributed by atoms with E-state index in [4.69, 9.17) is 21.1 Å². The second-order valence-electron chi connectivity index (χ2n) is 7.61. The summed E-state index contributed by atoms with van der Waals surface area (Å²) in [6.45, 7) is 1.63. The molecule has 0 saturated carbocycles. The number of benzene rings is 1. The molecule has 2 aromatic heterocycles. The number of carbonyl (C=O) groups excluding carboxylic acids is 2. The van der Waals surface area contributed by atoms with Gasteiger partial charge in [0.05, 0.1) is 17.5 Å². The maximum absolute atomic E-state index is 13.5. The van der Waals surface area contributed by atoms with Crippen LogP contribution < -0.4 is 4.74 Å². The summed E-state index contributed by atoms with van der Waals surface area (Å²) in [6, 6.07) is 12.6. The van der Waals surface area contributed by atoms with Crippen molar-refractivity contribution in [2.75, 3.05) is 40.0 Å². The summed E-state index contributed by atoms with van der Waals surface area (Å²) < 4.78 is 11.2. The monoisotopic (exact) mass is 504 g/mol. The van der Waals surface area contributed by atoms with Gasteiger partial charge in [-0.2, -0.15) is 0 Å². The zero-order valence-electron chi connectivity index (χ0n) is 18.2. The maximum atomic E-state index is 13.5. The molecule has 0 radical (unpaired) electrons. The van der Waals surface area contributed by atoms with E-state index in [0.717, 1.165) is 12.0 Å². The van der Waals surface area contributed by atoms with E-state index in [2.05, 4.69) is 11.4 Å². The molecule has 4 rings (SSSR count). The molecule has 3 heterocycles. The molecule has 0 bridgehead atoms. The predicted molar refractivity (Wildman–Crippen MR) is 132 cm³/mol. The highest BCUT2D eigenvalue weighted by atomic mass is 35.5. The number of ether oxygens (including phenoxy) is 2. The third kappa shape index (κ3) is 5.76. The molecule has 2 amide bonds. The molecular formula is C24H25ClN2O4S2. The van der Waals surface area contributed by atoms with Crippen LogP contribution in [0.4, 0.5) is 0 Å². The van der Waals surface area contributed by atoms with E-state index in [1.54, 1.807) is 41.5 Å². The number of nitrogens with zero attached hydrogens (tertiary/aromatic N) is 2. The molecule has 1 aliphatic heterocycles. The molecule has 9 heteroatoms. The number of rotatable bonds is 9. The summed E-state index contributed by atoms with van der Waals surface area (Å²) in [4.78, 5) is 31.7. The van der Waals surface area contributed by atoms with Crippen molar-refractivity contribution in [1.29, 1.82) is 0 Å². The van der Waals surface area contributed by atoms with Gasteiger partial charge in [-0.25, -0.2) is 0 Å². The Morgan fingerprint density at radius 2 is 1.97 bits per heavy atom. The molecule has 3 aromatic rings. The van der Waals surface area contributed by atoms with Gasteiger partial charge >= 0.3 is 0 Å². The molecule has 0 aliphatic carbocycles. The molecule has 0 N–H and O–H groups in total. The topological polar surface area (TPSA) is 59.1 Å². The molecule has 1 atom stereocenters. The van der Waals surface area contributed by atoms with Crippen LogP contribution in [-0.2, 0) is 16.0 Å². The lowest BCUT2D eigenvalue weighted by Gasteiger charge is -2.37. The van der Waals surface area contributed by atoms with Crippen molar-refractivity contribution in [1.82, 2.24) is 9.80 Å². The Kier molecular flexibility index (Phi) is 8.03. The van der Waals surface area contributed by atoms with Gasteiger partial charge in [0.2, 0.25) is 5.91 Å². The Balaban J connectivity index is 1.50. The summed E-state index contributed by atoms with van der Waals surface area (Å²) >= 11 is 9.05. The van der Waals surface area contributed by atoms with Crippen LogP contribution in [0.3, 0.4) is 0 Å². The second kappa shape index (κ2) is 11.2. The van der Waals surface area contributed by atoms with E-state index in [1.165, 1.54) is 16.2 Å². The molecule has 6 nitrogen and oxygen atoms in total. The molecule has 33 heavy (non-hydrogen) atoms. The fourth-order valence-corrected chi connectivity index (χ4v) is 5.59. The Hall–Kier alpha value is -2.39. The predicted octanol–water partition coefficient (Wildman–Crippen LogP) is 4.76. The van der Waals surface area contributed by atoms with Crippen LogP contribution in [0.15, 0.2) is 53.2 Å². The van der Waals surface area contributed by atoms with Crippen molar-refractivity contribution >= 4 is 46.1 Å². The number of amides is 2. The average Bonchev–Trinajstić information content (AvgIpc) is 3.53. The van der Waals surface area contributed by atoms with Crippen LogP contribution in [0, 0.1) is 0 Å². The minimum Gasteiger partial charge on any atom is -0.491 e. The number of carbonyl (C=O) groups is 2. The second-order valence-corrected chi connectivity index (χ2v) is 10.00. The zero-order valence-corrected chi connectivity index (χ0v) is 20.6. The molecule has 0 saturated heterocycles. The number of hydrogen-bond acceptors (Lipinski definition) is 6. The number of fused-ring (bicyclic) bond motifs is 1. The van der Waals surface area contributed by atoms with Crippen molar-refractivity contribution in [3.63, 3.8) is 0 Å². The number of methoxy groups -OCH3 is 1. The van der Waals surface area contributed by atoms with E-state index in [-0.39, 0.29) is 24.4 Å². The lowest BCUT2D eigenvalue weighted by Crippen LogP contribution is -2.48. The standard InChI is InChI=1S/C24H25ClN2O4S2/c1-30-12-11-26(24(29)22-3-2-13-32-22)15-23(28)27-10-8-21-19(9-14-33-21)20(27)16-31-18-6-4-17(25)5-7-18/h2-7,9,13-14,20H,8,10-12,15-16H2,1H3/t20-/m0/s1. The Bertz CT molecular complexity index is 1070. The Morgan fingerprint density at radius 1 is 1.15 bits per heavy atom. The summed E-state index contributed by atoms with van der Waals surface area (Å²) in [5.41, 5.74) is 1.11. The lowest BCUT2D eigenvalue weighted by atomic mass is 10.0.